The van der Waals surface area contributed by atoms with Crippen LogP contribution in [0.25, 0.3) is 0 Å². The Balaban J connectivity index is 2.27. The topological polar surface area (TPSA) is 92.2 Å². The number of aromatic nitrogens is 2. The minimum Gasteiger partial charge on any atom is -0.476 e. The fourth-order valence-corrected chi connectivity index (χ4v) is 1.40. The molecule has 0 aliphatic heterocycles. The summed E-state index contributed by atoms with van der Waals surface area (Å²) in [6, 6.07) is 6.60. The van der Waals surface area contributed by atoms with Crippen molar-refractivity contribution in [3.63, 3.8) is 0 Å². The molecular weight excluding hydrogens is 253 g/mol. The number of carboxylic acids is 1. The van der Waals surface area contributed by atoms with Gasteiger partial charge in [-0.3, -0.25) is 4.79 Å². The number of amides is 1. The lowest BCUT2D eigenvalue weighted by atomic mass is 10.2. The number of rotatable bonds is 3. The zero-order valence-electron chi connectivity index (χ0n) is 9.50. The number of hydrogen-bond acceptors (Lipinski definition) is 4. The predicted molar refractivity (Wildman–Crippen MR) is 63.3 cm³/mol. The average molecular weight is 261 g/mol. The molecule has 0 atom stereocenters. The standard InChI is InChI=1S/C12H8FN3O3/c13-9-5-1-3-8(15-9)11(17)16-7-4-2-6-14-10(7)12(18)19/h1-6H,(H,16,17)(H,18,19). The summed E-state index contributed by atoms with van der Waals surface area (Å²) in [6.07, 6.45) is 1.29. The molecule has 0 saturated heterocycles. The second kappa shape index (κ2) is 5.21. The smallest absolute Gasteiger partial charge is 0.356 e. The molecule has 0 aromatic carbocycles. The van der Waals surface area contributed by atoms with E-state index in [1.54, 1.807) is 0 Å². The number of nitrogens with zero attached hydrogens (tertiary/aromatic N) is 2. The Kier molecular flexibility index (Phi) is 3.46. The van der Waals surface area contributed by atoms with Crippen molar-refractivity contribution in [2.24, 2.45) is 0 Å². The van der Waals surface area contributed by atoms with Crippen molar-refractivity contribution in [3.05, 3.63) is 53.9 Å². The maximum atomic E-state index is 12.9. The van der Waals surface area contributed by atoms with Gasteiger partial charge in [-0.25, -0.2) is 14.8 Å². The van der Waals surface area contributed by atoms with E-state index in [1.807, 2.05) is 0 Å². The highest BCUT2D eigenvalue weighted by molar-refractivity contribution is 6.06. The normalized spacial score (nSPS) is 9.95. The van der Waals surface area contributed by atoms with Gasteiger partial charge in [-0.05, 0) is 24.3 Å². The third kappa shape index (κ3) is 2.89. The number of hydrogen-bond donors (Lipinski definition) is 2. The molecule has 0 spiro atoms. The second-order valence-corrected chi connectivity index (χ2v) is 3.50. The lowest BCUT2D eigenvalue weighted by Gasteiger charge is -2.06. The van der Waals surface area contributed by atoms with E-state index in [0.29, 0.717) is 0 Å². The van der Waals surface area contributed by atoms with E-state index in [0.717, 1.165) is 6.07 Å². The SMILES string of the molecule is O=C(Nc1cccnc1C(=O)O)c1cccc(F)n1. The van der Waals surface area contributed by atoms with E-state index in [1.165, 1.54) is 30.5 Å². The molecule has 0 fully saturated rings. The summed E-state index contributed by atoms with van der Waals surface area (Å²) in [5.74, 6) is -2.78. The van der Waals surface area contributed by atoms with Crippen molar-refractivity contribution in [1.82, 2.24) is 9.97 Å². The summed E-state index contributed by atoms with van der Waals surface area (Å²) in [6.45, 7) is 0. The lowest BCUT2D eigenvalue weighted by Crippen LogP contribution is -2.17. The third-order valence-electron chi connectivity index (χ3n) is 2.21. The van der Waals surface area contributed by atoms with Crippen molar-refractivity contribution < 1.29 is 19.1 Å². The van der Waals surface area contributed by atoms with Crippen LogP contribution >= 0.6 is 0 Å². The number of carbonyl (C=O) groups is 2. The summed E-state index contributed by atoms with van der Waals surface area (Å²) < 4.78 is 12.9. The fraction of sp³-hybridized carbons (Fsp3) is 0. The van der Waals surface area contributed by atoms with Gasteiger partial charge in [0, 0.05) is 6.20 Å². The number of pyridine rings is 2. The molecule has 0 radical (unpaired) electrons. The maximum absolute atomic E-state index is 12.9. The first kappa shape index (κ1) is 12.6. The van der Waals surface area contributed by atoms with E-state index in [2.05, 4.69) is 15.3 Å². The molecule has 0 unspecified atom stereocenters. The Morgan fingerprint density at radius 3 is 2.68 bits per heavy atom. The molecule has 2 aromatic rings. The summed E-state index contributed by atoms with van der Waals surface area (Å²) in [4.78, 5) is 29.7. The average Bonchev–Trinajstić information content (AvgIpc) is 2.39. The Hall–Kier alpha value is -2.83. The first-order valence-corrected chi connectivity index (χ1v) is 5.20. The van der Waals surface area contributed by atoms with Gasteiger partial charge in [0.05, 0.1) is 5.69 Å². The summed E-state index contributed by atoms with van der Waals surface area (Å²) in [7, 11) is 0. The van der Waals surface area contributed by atoms with Gasteiger partial charge in [0.25, 0.3) is 5.91 Å². The van der Waals surface area contributed by atoms with Crippen LogP contribution in [0, 0.1) is 5.95 Å². The molecule has 2 heterocycles. The van der Waals surface area contributed by atoms with Crippen LogP contribution in [0.4, 0.5) is 10.1 Å². The number of carbonyl (C=O) groups excluding carboxylic acids is 1. The molecule has 7 heteroatoms. The lowest BCUT2D eigenvalue weighted by molar-refractivity contribution is 0.0691. The molecule has 19 heavy (non-hydrogen) atoms. The van der Waals surface area contributed by atoms with Gasteiger partial charge in [-0.2, -0.15) is 4.39 Å². The Bertz CT molecular complexity index is 646. The second-order valence-electron chi connectivity index (χ2n) is 3.50. The Morgan fingerprint density at radius 2 is 2.00 bits per heavy atom. The maximum Gasteiger partial charge on any atom is 0.356 e. The Morgan fingerprint density at radius 1 is 1.21 bits per heavy atom. The van der Waals surface area contributed by atoms with Gasteiger partial charge in [0.15, 0.2) is 5.69 Å². The number of halogens is 1. The highest BCUT2D eigenvalue weighted by atomic mass is 19.1. The zero-order chi connectivity index (χ0) is 13.8. The first-order valence-electron chi connectivity index (χ1n) is 5.20. The molecule has 6 nitrogen and oxygen atoms in total. The van der Waals surface area contributed by atoms with Gasteiger partial charge in [0.1, 0.15) is 5.69 Å². The number of anilines is 1. The minimum absolute atomic E-state index is 0.0195. The highest BCUT2D eigenvalue weighted by Gasteiger charge is 2.15. The van der Waals surface area contributed by atoms with Crippen molar-refractivity contribution in [3.8, 4) is 0 Å². The molecule has 1 amide bonds. The molecule has 0 saturated carbocycles. The highest BCUT2D eigenvalue weighted by Crippen LogP contribution is 2.13. The van der Waals surface area contributed by atoms with Gasteiger partial charge >= 0.3 is 5.97 Å². The van der Waals surface area contributed by atoms with Crippen LogP contribution < -0.4 is 5.32 Å². The fourth-order valence-electron chi connectivity index (χ4n) is 1.40. The summed E-state index contributed by atoms with van der Waals surface area (Å²) in [5.41, 5.74) is -0.432. The van der Waals surface area contributed by atoms with Crippen molar-refractivity contribution in [2.45, 2.75) is 0 Å². The van der Waals surface area contributed by atoms with Crippen LogP contribution in [-0.2, 0) is 0 Å². The first-order chi connectivity index (χ1) is 9.08. The van der Waals surface area contributed by atoms with Gasteiger partial charge in [0.2, 0.25) is 5.95 Å². The van der Waals surface area contributed by atoms with Crippen LogP contribution in [0.3, 0.4) is 0 Å². The number of carboxylic acid groups (broad SMARTS) is 1. The number of nitrogens with one attached hydrogen (secondary N) is 1. The van der Waals surface area contributed by atoms with Gasteiger partial charge in [-0.1, -0.05) is 6.07 Å². The number of aromatic carboxylic acids is 1. The van der Waals surface area contributed by atoms with E-state index >= 15 is 0 Å². The molecule has 2 N–H and O–H groups in total. The van der Waals surface area contributed by atoms with Crippen molar-refractivity contribution >= 4 is 17.6 Å². The van der Waals surface area contributed by atoms with E-state index in [4.69, 9.17) is 5.11 Å². The van der Waals surface area contributed by atoms with Crippen LogP contribution in [0.2, 0.25) is 0 Å². The van der Waals surface area contributed by atoms with E-state index in [9.17, 15) is 14.0 Å². The van der Waals surface area contributed by atoms with E-state index in [-0.39, 0.29) is 17.1 Å². The van der Waals surface area contributed by atoms with Gasteiger partial charge in [-0.15, -0.1) is 0 Å². The molecule has 2 rings (SSSR count). The zero-order valence-corrected chi connectivity index (χ0v) is 9.50. The van der Waals surface area contributed by atoms with E-state index < -0.39 is 17.8 Å². The monoisotopic (exact) mass is 261 g/mol. The van der Waals surface area contributed by atoms with Gasteiger partial charge < -0.3 is 10.4 Å². The molecule has 2 aromatic heterocycles. The van der Waals surface area contributed by atoms with Crippen molar-refractivity contribution in [1.29, 1.82) is 0 Å². The van der Waals surface area contributed by atoms with Crippen LogP contribution in [0.1, 0.15) is 21.0 Å². The minimum atomic E-state index is -1.27. The molecule has 0 aliphatic rings. The third-order valence-corrected chi connectivity index (χ3v) is 2.21. The quantitative estimate of drug-likeness (QED) is 0.818. The largest absolute Gasteiger partial charge is 0.476 e. The molecule has 96 valence electrons. The molecule has 0 aliphatic carbocycles. The van der Waals surface area contributed by atoms with Crippen molar-refractivity contribution in [2.75, 3.05) is 5.32 Å². The van der Waals surface area contributed by atoms with Crippen LogP contribution in [0.5, 0.6) is 0 Å². The summed E-state index contributed by atoms with van der Waals surface area (Å²) >= 11 is 0. The Labute approximate surface area is 106 Å². The molecule has 0 bridgehead atoms. The predicted octanol–water partition coefficient (Wildman–Crippen LogP) is 1.57. The molecular formula is C12H8FN3O3. The van der Waals surface area contributed by atoms with Crippen LogP contribution in [0.15, 0.2) is 36.5 Å². The summed E-state index contributed by atoms with van der Waals surface area (Å²) in [5, 5.41) is 11.2. The van der Waals surface area contributed by atoms with Crippen LogP contribution in [-0.4, -0.2) is 27.0 Å².